The second-order valence-electron chi connectivity index (χ2n) is 6.84. The standard InChI is InChI=1S/C19H17FN4O3/c1-23-15-14(16(25)24(2)18(23)27)9-13(10-21-15)22-17(26)19(7-8-19)11-3-5-12(20)6-4-11/h3-6,9-10H,7-8H2,1-2H3,(H,22,26). The van der Waals surface area contributed by atoms with Crippen molar-refractivity contribution in [2.24, 2.45) is 14.1 Å². The van der Waals surface area contributed by atoms with Gasteiger partial charge in [-0.1, -0.05) is 12.1 Å². The van der Waals surface area contributed by atoms with Crippen LogP contribution in [0.3, 0.4) is 0 Å². The normalized spacial score (nSPS) is 14.9. The lowest BCUT2D eigenvalue weighted by Crippen LogP contribution is -2.37. The Kier molecular flexibility index (Phi) is 3.73. The number of anilines is 1. The summed E-state index contributed by atoms with van der Waals surface area (Å²) in [6, 6.07) is 7.43. The van der Waals surface area contributed by atoms with Crippen molar-refractivity contribution in [3.63, 3.8) is 0 Å². The Hall–Kier alpha value is -3.29. The van der Waals surface area contributed by atoms with Crippen LogP contribution >= 0.6 is 0 Å². The van der Waals surface area contributed by atoms with E-state index in [-0.39, 0.29) is 22.8 Å². The van der Waals surface area contributed by atoms with Gasteiger partial charge in [-0.15, -0.1) is 0 Å². The predicted molar refractivity (Wildman–Crippen MR) is 98.2 cm³/mol. The topological polar surface area (TPSA) is 86.0 Å². The number of hydrogen-bond acceptors (Lipinski definition) is 4. The number of aromatic nitrogens is 3. The average molecular weight is 368 g/mol. The SMILES string of the molecule is Cn1c(=O)c2cc(NC(=O)C3(c4ccc(F)cc4)CC3)cnc2n(C)c1=O. The number of amides is 1. The molecule has 2 aromatic heterocycles. The molecule has 0 radical (unpaired) electrons. The maximum atomic E-state index is 13.2. The molecule has 1 fully saturated rings. The monoisotopic (exact) mass is 368 g/mol. The summed E-state index contributed by atoms with van der Waals surface area (Å²) >= 11 is 0. The number of pyridine rings is 1. The van der Waals surface area contributed by atoms with Crippen molar-refractivity contribution >= 4 is 22.6 Å². The highest BCUT2D eigenvalue weighted by Crippen LogP contribution is 2.49. The molecule has 1 aromatic carbocycles. The van der Waals surface area contributed by atoms with Crippen LogP contribution in [0.5, 0.6) is 0 Å². The highest BCUT2D eigenvalue weighted by molar-refractivity contribution is 6.02. The Labute approximate surface area is 153 Å². The quantitative estimate of drug-likeness (QED) is 0.758. The zero-order chi connectivity index (χ0) is 19.3. The summed E-state index contributed by atoms with van der Waals surface area (Å²) in [4.78, 5) is 41.3. The molecule has 1 aliphatic carbocycles. The Morgan fingerprint density at radius 3 is 2.44 bits per heavy atom. The van der Waals surface area contributed by atoms with Gasteiger partial charge in [-0.05, 0) is 36.6 Å². The molecule has 1 aliphatic rings. The van der Waals surface area contributed by atoms with Gasteiger partial charge in [-0.25, -0.2) is 14.2 Å². The van der Waals surface area contributed by atoms with E-state index >= 15 is 0 Å². The lowest BCUT2D eigenvalue weighted by molar-refractivity contribution is -0.118. The molecule has 8 heteroatoms. The Morgan fingerprint density at radius 1 is 1.15 bits per heavy atom. The molecule has 0 bridgehead atoms. The summed E-state index contributed by atoms with van der Waals surface area (Å²) in [6.07, 6.45) is 2.75. The van der Waals surface area contributed by atoms with E-state index in [9.17, 15) is 18.8 Å². The molecule has 1 saturated carbocycles. The number of nitrogens with zero attached hydrogens (tertiary/aromatic N) is 3. The van der Waals surface area contributed by atoms with Crippen LogP contribution in [-0.4, -0.2) is 20.0 Å². The van der Waals surface area contributed by atoms with Gasteiger partial charge in [0.15, 0.2) is 0 Å². The van der Waals surface area contributed by atoms with Crippen LogP contribution < -0.4 is 16.6 Å². The van der Waals surface area contributed by atoms with Gasteiger partial charge in [-0.2, -0.15) is 0 Å². The molecule has 7 nitrogen and oxygen atoms in total. The van der Waals surface area contributed by atoms with Gasteiger partial charge in [0.1, 0.15) is 11.5 Å². The number of aryl methyl sites for hydroxylation is 1. The minimum Gasteiger partial charge on any atom is -0.324 e. The van der Waals surface area contributed by atoms with Crippen LogP contribution in [0.4, 0.5) is 10.1 Å². The zero-order valence-corrected chi connectivity index (χ0v) is 14.8. The number of carbonyl (C=O) groups is 1. The zero-order valence-electron chi connectivity index (χ0n) is 14.8. The number of nitrogens with one attached hydrogen (secondary N) is 1. The summed E-state index contributed by atoms with van der Waals surface area (Å²) in [5.41, 5.74) is -0.246. The van der Waals surface area contributed by atoms with Gasteiger partial charge in [-0.3, -0.25) is 18.7 Å². The largest absolute Gasteiger partial charge is 0.332 e. The summed E-state index contributed by atoms with van der Waals surface area (Å²) in [5, 5.41) is 3.04. The molecule has 0 atom stereocenters. The van der Waals surface area contributed by atoms with Gasteiger partial charge < -0.3 is 5.32 Å². The van der Waals surface area contributed by atoms with E-state index in [1.807, 2.05) is 0 Å². The number of fused-ring (bicyclic) bond motifs is 1. The van der Waals surface area contributed by atoms with E-state index in [1.54, 1.807) is 12.1 Å². The molecule has 0 spiro atoms. The first kappa shape index (κ1) is 17.1. The minimum absolute atomic E-state index is 0.225. The first-order valence-electron chi connectivity index (χ1n) is 8.47. The molecule has 0 aliphatic heterocycles. The number of rotatable bonds is 3. The lowest BCUT2D eigenvalue weighted by Gasteiger charge is -2.16. The Bertz CT molecular complexity index is 1190. The molecule has 27 heavy (non-hydrogen) atoms. The molecule has 0 saturated heterocycles. The van der Waals surface area contributed by atoms with E-state index in [0.29, 0.717) is 18.5 Å². The highest BCUT2D eigenvalue weighted by atomic mass is 19.1. The molecule has 138 valence electrons. The van der Waals surface area contributed by atoms with Crippen molar-refractivity contribution in [1.82, 2.24) is 14.1 Å². The summed E-state index contributed by atoms with van der Waals surface area (Å²) < 4.78 is 15.4. The van der Waals surface area contributed by atoms with Gasteiger partial charge in [0, 0.05) is 14.1 Å². The van der Waals surface area contributed by atoms with E-state index < -0.39 is 16.7 Å². The van der Waals surface area contributed by atoms with Crippen LogP contribution in [0, 0.1) is 5.82 Å². The van der Waals surface area contributed by atoms with Crippen molar-refractivity contribution in [1.29, 1.82) is 0 Å². The second-order valence-corrected chi connectivity index (χ2v) is 6.84. The maximum absolute atomic E-state index is 13.2. The number of benzene rings is 1. The third-order valence-corrected chi connectivity index (χ3v) is 5.13. The van der Waals surface area contributed by atoms with Crippen LogP contribution in [0.1, 0.15) is 18.4 Å². The average Bonchev–Trinajstić information content (AvgIpc) is 3.47. The minimum atomic E-state index is -0.683. The maximum Gasteiger partial charge on any atom is 0.332 e. The number of carbonyl (C=O) groups excluding carboxylic acids is 1. The van der Waals surface area contributed by atoms with E-state index in [0.717, 1.165) is 10.1 Å². The first-order chi connectivity index (χ1) is 12.8. The van der Waals surface area contributed by atoms with Crippen LogP contribution in [0.2, 0.25) is 0 Å². The van der Waals surface area contributed by atoms with Gasteiger partial charge >= 0.3 is 5.69 Å². The molecule has 2 heterocycles. The van der Waals surface area contributed by atoms with E-state index in [4.69, 9.17) is 0 Å². The van der Waals surface area contributed by atoms with Crippen LogP contribution in [0.25, 0.3) is 11.0 Å². The Balaban J connectivity index is 1.70. The molecule has 0 unspecified atom stereocenters. The molecule has 4 rings (SSSR count). The van der Waals surface area contributed by atoms with Crippen molar-refractivity contribution < 1.29 is 9.18 Å². The van der Waals surface area contributed by atoms with Crippen LogP contribution in [-0.2, 0) is 24.3 Å². The molecular formula is C19H17FN4O3. The molecule has 1 N–H and O–H groups in total. The van der Waals surface area contributed by atoms with E-state index in [2.05, 4.69) is 10.3 Å². The summed E-state index contributed by atoms with van der Waals surface area (Å²) in [5.74, 6) is -0.577. The molecular weight excluding hydrogens is 351 g/mol. The summed E-state index contributed by atoms with van der Waals surface area (Å²) in [7, 11) is 2.92. The van der Waals surface area contributed by atoms with Crippen molar-refractivity contribution in [2.75, 3.05) is 5.32 Å². The number of hydrogen-bond donors (Lipinski definition) is 1. The smallest absolute Gasteiger partial charge is 0.324 e. The summed E-state index contributed by atoms with van der Waals surface area (Å²) in [6.45, 7) is 0. The fourth-order valence-corrected chi connectivity index (χ4v) is 3.33. The molecule has 1 amide bonds. The van der Waals surface area contributed by atoms with Gasteiger partial charge in [0.05, 0.1) is 22.7 Å². The fourth-order valence-electron chi connectivity index (χ4n) is 3.33. The van der Waals surface area contributed by atoms with Gasteiger partial charge in [0.25, 0.3) is 5.56 Å². The van der Waals surface area contributed by atoms with Gasteiger partial charge in [0.2, 0.25) is 5.91 Å². The van der Waals surface area contributed by atoms with Crippen molar-refractivity contribution in [3.8, 4) is 0 Å². The fraction of sp³-hybridized carbons (Fsp3) is 0.263. The van der Waals surface area contributed by atoms with Crippen LogP contribution in [0.15, 0.2) is 46.1 Å². The van der Waals surface area contributed by atoms with Crippen molar-refractivity contribution in [2.45, 2.75) is 18.3 Å². The first-order valence-corrected chi connectivity index (χ1v) is 8.47. The molecule has 3 aromatic rings. The highest BCUT2D eigenvalue weighted by Gasteiger charge is 2.51. The van der Waals surface area contributed by atoms with E-state index in [1.165, 1.54) is 43.1 Å². The third-order valence-electron chi connectivity index (χ3n) is 5.13. The van der Waals surface area contributed by atoms with Crippen molar-refractivity contribution in [3.05, 3.63) is 68.7 Å². The third kappa shape index (κ3) is 2.64. The Morgan fingerprint density at radius 2 is 1.81 bits per heavy atom. The number of halogens is 1. The predicted octanol–water partition coefficient (Wildman–Crippen LogP) is 1.44. The second kappa shape index (κ2) is 5.87. The lowest BCUT2D eigenvalue weighted by atomic mass is 9.95.